The summed E-state index contributed by atoms with van der Waals surface area (Å²) in [6.07, 6.45) is 0. The first-order valence-electron chi connectivity index (χ1n) is 0.597. The average Bonchev–Trinajstić information content (AvgIpc) is 1.46. The van der Waals surface area contributed by atoms with Crippen LogP contribution in [0.3, 0.4) is 0 Å². The molecule has 0 saturated heterocycles. The summed E-state index contributed by atoms with van der Waals surface area (Å²) in [5.74, 6) is 0. The van der Waals surface area contributed by atoms with Crippen molar-refractivity contribution in [3.63, 3.8) is 0 Å². The van der Waals surface area contributed by atoms with Crippen LogP contribution in [0.5, 0.6) is 0 Å². The zero-order valence-electron chi connectivity index (χ0n) is 2.31. The first-order valence-corrected chi connectivity index (χ1v) is 2.14. The molecule has 0 aliphatic heterocycles. The van der Waals surface area contributed by atoms with Crippen LogP contribution in [-0.2, 0) is 26.3 Å². The van der Waals surface area contributed by atoms with E-state index in [4.69, 9.17) is 11.5 Å². The summed E-state index contributed by atoms with van der Waals surface area (Å²) in [6.45, 7) is 0. The van der Waals surface area contributed by atoms with E-state index < -0.39 is 14.8 Å². The molecule has 0 aromatic heterocycles. The molecule has 0 spiro atoms. The summed E-state index contributed by atoms with van der Waals surface area (Å²) < 4.78 is 25.1. The molecular weight excluding hydrogens is 130 g/mol. The predicted molar refractivity (Wildman–Crippen MR) is 9.21 cm³/mol. The van der Waals surface area contributed by atoms with Crippen molar-refractivity contribution in [2.45, 2.75) is 0 Å². The zero-order valence-corrected chi connectivity index (χ0v) is 4.90. The molecule has 5 heavy (non-hydrogen) atoms. The molecule has 0 aliphatic rings. The van der Waals surface area contributed by atoms with E-state index in [0.29, 0.717) is 16.2 Å². The van der Waals surface area contributed by atoms with E-state index in [1.54, 1.807) is 0 Å². The minimum absolute atomic E-state index is 0.611. The predicted octanol–water partition coefficient (Wildman–Crippen LogP) is -1.01. The Morgan fingerprint density at radius 1 is 1.20 bits per heavy atom. The number of hydrogen-bond donors (Lipinski definition) is 0. The molecule has 0 rings (SSSR count). The van der Waals surface area contributed by atoms with Crippen LogP contribution in [0.15, 0.2) is 0 Å². The van der Waals surface area contributed by atoms with Gasteiger partial charge in [-0.25, -0.2) is 0 Å². The molecule has 0 N–H and O–H groups in total. The molecule has 0 amide bonds. The van der Waals surface area contributed by atoms with E-state index in [1.807, 2.05) is 0 Å². The monoisotopic (exact) mass is 131 g/mol. The van der Waals surface area contributed by atoms with Crippen molar-refractivity contribution in [1.29, 1.82) is 0 Å². The van der Waals surface area contributed by atoms with Gasteiger partial charge in [-0.3, -0.25) is 0 Å². The van der Waals surface area contributed by atoms with Crippen LogP contribution in [0, 0.1) is 0 Å². The van der Waals surface area contributed by atoms with E-state index >= 15 is 0 Å². The fourth-order valence-electron chi connectivity index (χ4n) is 0. The second kappa shape index (κ2) is 25.2. The second-order valence-corrected chi connectivity index (χ2v) is 0.260. The summed E-state index contributed by atoms with van der Waals surface area (Å²) >= 11 is -0.826. The quantitative estimate of drug-likeness (QED) is 0.396. The van der Waals surface area contributed by atoms with Crippen LogP contribution in [-0.4, -0.2) is 16.2 Å². The summed E-state index contributed by atoms with van der Waals surface area (Å²) in [6, 6.07) is 0. The van der Waals surface area contributed by atoms with Crippen LogP contribution >= 0.6 is 0 Å². The minimum atomic E-state index is -1.44. The molecule has 0 aromatic carbocycles. The molecule has 0 radical (unpaired) electrons. The fraction of sp³-hybridized carbons (Fsp3) is 0. The molecule has 0 heterocycles. The topological polar surface area (TPSA) is 51.2 Å². The van der Waals surface area contributed by atoms with Crippen molar-refractivity contribution in [2.24, 2.45) is 0 Å². The van der Waals surface area contributed by atoms with Crippen molar-refractivity contribution in [2.75, 3.05) is 0 Å². The third-order valence-electron chi connectivity index (χ3n) is 0. The van der Waals surface area contributed by atoms with E-state index in [-0.39, 0.29) is 0 Å². The third-order valence-corrected chi connectivity index (χ3v) is 0. The standard InChI is InChI=1S/Al.Mn.3O.H. The maximum absolute atomic E-state index is 8.41. The van der Waals surface area contributed by atoms with Crippen molar-refractivity contribution in [3.8, 4) is 0 Å². The van der Waals surface area contributed by atoms with Crippen LogP contribution in [0.1, 0.15) is 0 Å². The summed E-state index contributed by atoms with van der Waals surface area (Å²) in [4.78, 5) is 0. The van der Waals surface area contributed by atoms with E-state index in [9.17, 15) is 0 Å². The molecule has 0 atom stereocenters. The van der Waals surface area contributed by atoms with Gasteiger partial charge < -0.3 is 0 Å². The summed E-state index contributed by atoms with van der Waals surface area (Å²) in [5, 5.41) is 0. The molecule has 5 heteroatoms. The maximum atomic E-state index is 8.41. The number of hydrogen-bond acceptors (Lipinski definition) is 3. The van der Waals surface area contributed by atoms with Crippen molar-refractivity contribution in [3.05, 3.63) is 0 Å². The second-order valence-electron chi connectivity index (χ2n) is 0.0630. The molecule has 0 saturated carbocycles. The summed E-state index contributed by atoms with van der Waals surface area (Å²) in [5.41, 5.74) is 0. The Morgan fingerprint density at radius 2 is 1.20 bits per heavy atom. The molecule has 3 nitrogen and oxygen atoms in total. The van der Waals surface area contributed by atoms with Gasteiger partial charge in [0.05, 0.1) is 0 Å². The SMILES string of the molecule is [O]=[AlH].[O]=[Mn]=[O]. The van der Waals surface area contributed by atoms with Gasteiger partial charge in [0.25, 0.3) is 0 Å². The van der Waals surface area contributed by atoms with Gasteiger partial charge in [0, 0.05) is 0 Å². The molecule has 0 fully saturated rings. The molecule has 0 unspecified atom stereocenters. The van der Waals surface area contributed by atoms with Crippen molar-refractivity contribution >= 4 is 16.2 Å². The molecular formula is HAlMnO3. The Morgan fingerprint density at radius 3 is 1.20 bits per heavy atom. The Labute approximate surface area is 42.9 Å². The van der Waals surface area contributed by atoms with Gasteiger partial charge in [-0.05, 0) is 0 Å². The average molecular weight is 131 g/mol. The van der Waals surface area contributed by atoms with Crippen LogP contribution in [0.25, 0.3) is 0 Å². The normalized spacial score (nSPS) is 3.00. The van der Waals surface area contributed by atoms with Gasteiger partial charge in [0.1, 0.15) is 0 Å². The number of rotatable bonds is 0. The molecule has 0 bridgehead atoms. The van der Waals surface area contributed by atoms with Gasteiger partial charge in [0.15, 0.2) is 0 Å². The fourth-order valence-corrected chi connectivity index (χ4v) is 0. The Balaban J connectivity index is 0. The van der Waals surface area contributed by atoms with Crippen LogP contribution < -0.4 is 0 Å². The van der Waals surface area contributed by atoms with Gasteiger partial charge in [0.2, 0.25) is 0 Å². The first-order chi connectivity index (χ1) is 2.41. The third kappa shape index (κ3) is 131. The Hall–Kier alpha value is 0.452. The van der Waals surface area contributed by atoms with Gasteiger partial charge >= 0.3 is 42.5 Å². The van der Waals surface area contributed by atoms with Crippen molar-refractivity contribution in [1.82, 2.24) is 0 Å². The van der Waals surface area contributed by atoms with Gasteiger partial charge in [-0.1, -0.05) is 0 Å². The molecule has 0 aliphatic carbocycles. The van der Waals surface area contributed by atoms with Crippen LogP contribution in [0.2, 0.25) is 0 Å². The molecule has 29 valence electrons. The van der Waals surface area contributed by atoms with E-state index in [2.05, 4.69) is 0 Å². The summed E-state index contributed by atoms with van der Waals surface area (Å²) in [7, 11) is 0. The molecule has 0 aromatic rings. The van der Waals surface area contributed by atoms with E-state index in [1.165, 1.54) is 0 Å². The first kappa shape index (κ1) is 9.07. The zero-order chi connectivity index (χ0) is 4.71. The van der Waals surface area contributed by atoms with Crippen molar-refractivity contribution < 1.29 is 26.3 Å². The Bertz CT molecular complexity index is 36.2. The van der Waals surface area contributed by atoms with E-state index in [0.717, 1.165) is 0 Å². The van der Waals surface area contributed by atoms with Crippen LogP contribution in [0.4, 0.5) is 0 Å². The van der Waals surface area contributed by atoms with Gasteiger partial charge in [-0.15, -0.1) is 0 Å². The Kier molecular flexibility index (Phi) is 45.6. The van der Waals surface area contributed by atoms with Gasteiger partial charge in [-0.2, -0.15) is 0 Å².